The number of rotatable bonds is 4. The fourth-order valence-electron chi connectivity index (χ4n) is 2.15. The van der Waals surface area contributed by atoms with E-state index in [1.807, 2.05) is 18.2 Å². The molecule has 2 nitrogen and oxygen atoms in total. The van der Waals surface area contributed by atoms with Gasteiger partial charge in [0.1, 0.15) is 5.82 Å². The zero-order chi connectivity index (χ0) is 13.8. The standard InChI is InChI=1S/C16H19FN2/c1-11(2)12-7-9-13(10-8-12)16(19-18)14-5-3-4-6-15(14)17/h3-11,16,19H,18H2,1-2H3. The Balaban J connectivity index is 2.35. The van der Waals surface area contributed by atoms with Crippen LogP contribution in [0.25, 0.3) is 0 Å². The number of nitrogens with one attached hydrogen (secondary N) is 1. The van der Waals surface area contributed by atoms with Crippen LogP contribution in [0.4, 0.5) is 4.39 Å². The highest BCUT2D eigenvalue weighted by Gasteiger charge is 2.16. The van der Waals surface area contributed by atoms with E-state index in [0.29, 0.717) is 11.5 Å². The molecule has 0 spiro atoms. The highest BCUT2D eigenvalue weighted by molar-refractivity contribution is 5.34. The number of hydrogen-bond donors (Lipinski definition) is 2. The monoisotopic (exact) mass is 258 g/mol. The number of benzene rings is 2. The largest absolute Gasteiger partial charge is 0.271 e. The summed E-state index contributed by atoms with van der Waals surface area (Å²) in [6.07, 6.45) is 0. The van der Waals surface area contributed by atoms with Crippen molar-refractivity contribution in [2.75, 3.05) is 0 Å². The van der Waals surface area contributed by atoms with Crippen LogP contribution in [0.3, 0.4) is 0 Å². The van der Waals surface area contributed by atoms with E-state index in [0.717, 1.165) is 5.56 Å². The van der Waals surface area contributed by atoms with Crippen molar-refractivity contribution in [1.82, 2.24) is 5.43 Å². The summed E-state index contributed by atoms with van der Waals surface area (Å²) in [4.78, 5) is 0. The molecule has 0 aliphatic rings. The molecule has 3 N–H and O–H groups in total. The molecule has 0 bridgehead atoms. The summed E-state index contributed by atoms with van der Waals surface area (Å²) in [6.45, 7) is 4.29. The fraction of sp³-hybridized carbons (Fsp3) is 0.250. The number of hydrazine groups is 1. The Morgan fingerprint density at radius 3 is 2.05 bits per heavy atom. The molecule has 2 aromatic rings. The maximum atomic E-state index is 13.8. The summed E-state index contributed by atoms with van der Waals surface area (Å²) in [6, 6.07) is 14.5. The first-order chi connectivity index (χ1) is 9.13. The van der Waals surface area contributed by atoms with E-state index >= 15 is 0 Å². The maximum absolute atomic E-state index is 13.8. The van der Waals surface area contributed by atoms with Gasteiger partial charge in [0.15, 0.2) is 0 Å². The minimum Gasteiger partial charge on any atom is -0.271 e. The van der Waals surface area contributed by atoms with Gasteiger partial charge < -0.3 is 0 Å². The fourth-order valence-corrected chi connectivity index (χ4v) is 2.15. The van der Waals surface area contributed by atoms with Crippen molar-refractivity contribution in [2.45, 2.75) is 25.8 Å². The Morgan fingerprint density at radius 2 is 1.53 bits per heavy atom. The second kappa shape index (κ2) is 5.95. The van der Waals surface area contributed by atoms with Gasteiger partial charge in [0.2, 0.25) is 0 Å². The molecule has 100 valence electrons. The van der Waals surface area contributed by atoms with Crippen LogP contribution in [-0.4, -0.2) is 0 Å². The van der Waals surface area contributed by atoms with Gasteiger partial charge in [0.05, 0.1) is 6.04 Å². The van der Waals surface area contributed by atoms with Crippen molar-refractivity contribution < 1.29 is 4.39 Å². The van der Waals surface area contributed by atoms with Crippen LogP contribution in [0, 0.1) is 5.82 Å². The van der Waals surface area contributed by atoms with Crippen LogP contribution in [0.2, 0.25) is 0 Å². The molecule has 2 rings (SSSR count). The molecule has 19 heavy (non-hydrogen) atoms. The molecule has 1 atom stereocenters. The zero-order valence-corrected chi connectivity index (χ0v) is 11.2. The summed E-state index contributed by atoms with van der Waals surface area (Å²) in [5, 5.41) is 0. The number of halogens is 1. The average molecular weight is 258 g/mol. The predicted molar refractivity (Wildman–Crippen MR) is 76.1 cm³/mol. The third-order valence-electron chi connectivity index (χ3n) is 3.32. The van der Waals surface area contributed by atoms with Crippen LogP contribution < -0.4 is 11.3 Å². The lowest BCUT2D eigenvalue weighted by Crippen LogP contribution is -2.29. The summed E-state index contributed by atoms with van der Waals surface area (Å²) in [5.74, 6) is 5.81. The predicted octanol–water partition coefficient (Wildman–Crippen LogP) is 3.50. The Kier molecular flexibility index (Phi) is 4.30. The molecule has 0 saturated carbocycles. The van der Waals surface area contributed by atoms with E-state index in [1.54, 1.807) is 12.1 Å². The second-order valence-electron chi connectivity index (χ2n) is 4.94. The smallest absolute Gasteiger partial charge is 0.128 e. The topological polar surface area (TPSA) is 38.0 Å². The highest BCUT2D eigenvalue weighted by Crippen LogP contribution is 2.25. The van der Waals surface area contributed by atoms with E-state index in [4.69, 9.17) is 5.84 Å². The third-order valence-corrected chi connectivity index (χ3v) is 3.32. The van der Waals surface area contributed by atoms with Crippen molar-refractivity contribution in [3.8, 4) is 0 Å². The lowest BCUT2D eigenvalue weighted by Gasteiger charge is -2.18. The summed E-state index contributed by atoms with van der Waals surface area (Å²) < 4.78 is 13.8. The van der Waals surface area contributed by atoms with Crippen LogP contribution in [0.1, 0.15) is 42.5 Å². The first kappa shape index (κ1) is 13.7. The Morgan fingerprint density at radius 1 is 0.947 bits per heavy atom. The summed E-state index contributed by atoms with van der Waals surface area (Å²) in [7, 11) is 0. The van der Waals surface area contributed by atoms with Gasteiger partial charge in [-0.05, 0) is 23.1 Å². The third kappa shape index (κ3) is 3.00. The molecule has 0 fully saturated rings. The molecule has 0 heterocycles. The molecule has 3 heteroatoms. The molecular weight excluding hydrogens is 239 g/mol. The molecule has 0 radical (unpaired) electrons. The van der Waals surface area contributed by atoms with Gasteiger partial charge in [-0.3, -0.25) is 5.84 Å². The lowest BCUT2D eigenvalue weighted by molar-refractivity contribution is 0.560. The minimum absolute atomic E-state index is 0.251. The maximum Gasteiger partial charge on any atom is 0.128 e. The van der Waals surface area contributed by atoms with Gasteiger partial charge >= 0.3 is 0 Å². The van der Waals surface area contributed by atoms with E-state index < -0.39 is 0 Å². The Labute approximate surface area is 113 Å². The van der Waals surface area contributed by atoms with Gasteiger partial charge in [-0.2, -0.15) is 0 Å². The molecular formula is C16H19FN2. The van der Waals surface area contributed by atoms with Crippen LogP contribution in [0.15, 0.2) is 48.5 Å². The van der Waals surface area contributed by atoms with E-state index in [9.17, 15) is 4.39 Å². The van der Waals surface area contributed by atoms with E-state index in [1.165, 1.54) is 11.6 Å². The number of hydrogen-bond acceptors (Lipinski definition) is 2. The first-order valence-electron chi connectivity index (χ1n) is 6.44. The zero-order valence-electron chi connectivity index (χ0n) is 11.2. The quantitative estimate of drug-likeness (QED) is 0.650. The van der Waals surface area contributed by atoms with Gasteiger partial charge in [-0.25, -0.2) is 9.82 Å². The van der Waals surface area contributed by atoms with Crippen molar-refractivity contribution in [1.29, 1.82) is 0 Å². The van der Waals surface area contributed by atoms with E-state index in [2.05, 4.69) is 31.4 Å². The molecule has 2 aromatic carbocycles. The van der Waals surface area contributed by atoms with Crippen molar-refractivity contribution >= 4 is 0 Å². The normalized spacial score (nSPS) is 12.7. The molecule has 0 aliphatic carbocycles. The van der Waals surface area contributed by atoms with Crippen molar-refractivity contribution in [3.63, 3.8) is 0 Å². The first-order valence-corrected chi connectivity index (χ1v) is 6.44. The molecule has 1 unspecified atom stereocenters. The van der Waals surface area contributed by atoms with Gasteiger partial charge in [-0.15, -0.1) is 0 Å². The van der Waals surface area contributed by atoms with Crippen LogP contribution >= 0.6 is 0 Å². The Bertz CT molecular complexity index is 535. The molecule has 0 aliphatic heterocycles. The summed E-state index contributed by atoms with van der Waals surface area (Å²) >= 11 is 0. The van der Waals surface area contributed by atoms with Crippen LogP contribution in [0.5, 0.6) is 0 Å². The Hall–Kier alpha value is -1.71. The van der Waals surface area contributed by atoms with Crippen molar-refractivity contribution in [3.05, 3.63) is 71.0 Å². The highest BCUT2D eigenvalue weighted by atomic mass is 19.1. The average Bonchev–Trinajstić information content (AvgIpc) is 2.42. The lowest BCUT2D eigenvalue weighted by atomic mass is 9.95. The number of nitrogens with two attached hydrogens (primary N) is 1. The summed E-state index contributed by atoms with van der Waals surface area (Å²) in [5.41, 5.74) is 5.45. The van der Waals surface area contributed by atoms with Gasteiger partial charge in [0.25, 0.3) is 0 Å². The molecule has 0 aromatic heterocycles. The SMILES string of the molecule is CC(C)c1ccc(C(NN)c2ccccc2F)cc1. The van der Waals surface area contributed by atoms with Crippen LogP contribution in [-0.2, 0) is 0 Å². The second-order valence-corrected chi connectivity index (χ2v) is 4.94. The van der Waals surface area contributed by atoms with E-state index in [-0.39, 0.29) is 11.9 Å². The molecule has 0 saturated heterocycles. The minimum atomic E-state index is -0.331. The molecule has 0 amide bonds. The van der Waals surface area contributed by atoms with Gasteiger partial charge in [0, 0.05) is 5.56 Å². The van der Waals surface area contributed by atoms with Crippen molar-refractivity contribution in [2.24, 2.45) is 5.84 Å². The van der Waals surface area contributed by atoms with Gasteiger partial charge in [-0.1, -0.05) is 56.3 Å².